The summed E-state index contributed by atoms with van der Waals surface area (Å²) in [4.78, 5) is 35.7. The molecular weight excluding hydrogens is 559 g/mol. The van der Waals surface area contributed by atoms with Crippen molar-refractivity contribution < 1.29 is 23.1 Å². The lowest BCUT2D eigenvalue weighted by Crippen LogP contribution is -2.63. The minimum atomic E-state index is -0.802. The molecule has 0 radical (unpaired) electrons. The highest BCUT2D eigenvalue weighted by molar-refractivity contribution is 6.12. The maximum absolute atomic E-state index is 16.5. The first-order chi connectivity index (χ1) is 21.1. The second kappa shape index (κ2) is 11.0. The first kappa shape index (κ1) is 29.2. The highest BCUT2D eigenvalue weighted by Crippen LogP contribution is 2.49. The van der Waals surface area contributed by atoms with E-state index in [1.165, 1.54) is 7.05 Å². The van der Waals surface area contributed by atoms with Crippen LogP contribution in [0.2, 0.25) is 0 Å². The average molecular weight is 593 g/mol. The van der Waals surface area contributed by atoms with Crippen LogP contribution in [0.15, 0.2) is 77.5 Å². The van der Waals surface area contributed by atoms with Crippen LogP contribution >= 0.6 is 0 Å². The molecule has 224 valence electrons. The summed E-state index contributed by atoms with van der Waals surface area (Å²) in [6.45, 7) is 5.79. The van der Waals surface area contributed by atoms with Crippen LogP contribution in [0.1, 0.15) is 57.4 Å². The molecule has 3 aromatic carbocycles. The number of amides is 2. The number of carbonyl (C=O) groups is 2. The van der Waals surface area contributed by atoms with E-state index in [-0.39, 0.29) is 33.8 Å². The molecule has 2 heterocycles. The van der Waals surface area contributed by atoms with Gasteiger partial charge in [-0.1, -0.05) is 35.9 Å². The van der Waals surface area contributed by atoms with Crippen molar-refractivity contribution in [3.63, 3.8) is 0 Å². The summed E-state index contributed by atoms with van der Waals surface area (Å²) in [5.41, 5.74) is 2.75. The van der Waals surface area contributed by atoms with Crippen molar-refractivity contribution >= 4 is 22.8 Å². The lowest BCUT2D eigenvalue weighted by molar-refractivity contribution is -0.116. The molecule has 1 aliphatic rings. The number of fused-ring (bicyclic) bond motifs is 1. The van der Waals surface area contributed by atoms with E-state index in [4.69, 9.17) is 9.15 Å². The van der Waals surface area contributed by atoms with Crippen molar-refractivity contribution in [3.8, 4) is 22.5 Å². The molecule has 0 atom stereocenters. The number of nitrogens with zero attached hydrogens (tertiary/aromatic N) is 2. The minimum absolute atomic E-state index is 0.0835. The van der Waals surface area contributed by atoms with E-state index in [1.54, 1.807) is 55.9 Å². The molecule has 0 saturated heterocycles. The van der Waals surface area contributed by atoms with Crippen molar-refractivity contribution in [1.82, 2.24) is 20.6 Å². The Labute approximate surface area is 254 Å². The summed E-state index contributed by atoms with van der Waals surface area (Å²) < 4.78 is 28.3. The highest BCUT2D eigenvalue weighted by atomic mass is 19.1. The standard InChI is InChI=1S/C35H33FN4O4/c1-20-7-10-22(11-8-20)30-28(32(42)37-4)27-26(44-30)14-13-24(29(27)36)25-17-23(12-9-21(25)2)31(41)40-35(18-34(3,19-35)43-5)33-38-15-6-16-39-33/h6-17H,18-19H2,1-5H3,(H,37,42)(H,40,41). The molecule has 9 heteroatoms. The molecule has 2 amide bonds. The predicted octanol–water partition coefficient (Wildman–Crippen LogP) is 6.50. The maximum Gasteiger partial charge on any atom is 0.255 e. The number of hydrogen-bond donors (Lipinski definition) is 2. The van der Waals surface area contributed by atoms with Crippen molar-refractivity contribution in [2.45, 2.75) is 44.8 Å². The van der Waals surface area contributed by atoms with Crippen LogP contribution in [0.4, 0.5) is 4.39 Å². The Bertz CT molecular complexity index is 1890. The summed E-state index contributed by atoms with van der Waals surface area (Å²) in [7, 11) is 3.15. The molecule has 0 unspecified atom stereocenters. The van der Waals surface area contributed by atoms with Gasteiger partial charge in [-0.05, 0) is 62.2 Å². The fourth-order valence-electron chi connectivity index (χ4n) is 6.17. The van der Waals surface area contributed by atoms with Gasteiger partial charge in [0.05, 0.1) is 16.6 Å². The van der Waals surface area contributed by atoms with Gasteiger partial charge < -0.3 is 19.8 Å². The molecule has 5 aromatic rings. The number of hydrogen-bond acceptors (Lipinski definition) is 6. The maximum atomic E-state index is 16.5. The van der Waals surface area contributed by atoms with Crippen molar-refractivity contribution in [1.29, 1.82) is 0 Å². The van der Waals surface area contributed by atoms with Gasteiger partial charge in [0.1, 0.15) is 22.7 Å². The third-order valence-corrected chi connectivity index (χ3v) is 8.54. The van der Waals surface area contributed by atoms with E-state index in [0.29, 0.717) is 35.4 Å². The number of benzene rings is 3. The number of aromatic nitrogens is 2. The molecule has 2 aromatic heterocycles. The van der Waals surface area contributed by atoms with Crippen LogP contribution < -0.4 is 10.6 Å². The molecule has 0 aliphatic heterocycles. The fraction of sp³-hybridized carbons (Fsp3) is 0.257. The number of furan rings is 1. The average Bonchev–Trinajstić information content (AvgIpc) is 3.41. The lowest BCUT2D eigenvalue weighted by atomic mass is 9.65. The molecule has 8 nitrogen and oxygen atoms in total. The molecule has 1 saturated carbocycles. The monoisotopic (exact) mass is 592 g/mol. The number of rotatable bonds is 7. The normalized spacial score (nSPS) is 19.4. The van der Waals surface area contributed by atoms with Crippen LogP contribution in [-0.4, -0.2) is 41.5 Å². The van der Waals surface area contributed by atoms with Gasteiger partial charge in [-0.15, -0.1) is 0 Å². The Balaban J connectivity index is 1.41. The van der Waals surface area contributed by atoms with Gasteiger partial charge in [0.15, 0.2) is 5.82 Å². The van der Waals surface area contributed by atoms with E-state index < -0.39 is 22.9 Å². The van der Waals surface area contributed by atoms with Crippen LogP contribution in [0, 0.1) is 19.7 Å². The van der Waals surface area contributed by atoms with Crippen LogP contribution in [0.3, 0.4) is 0 Å². The molecule has 1 aliphatic carbocycles. The van der Waals surface area contributed by atoms with Gasteiger partial charge >= 0.3 is 0 Å². The second-order valence-electron chi connectivity index (χ2n) is 11.7. The zero-order chi connectivity index (χ0) is 31.2. The molecule has 6 rings (SSSR count). The summed E-state index contributed by atoms with van der Waals surface area (Å²) in [5.74, 6) is -0.602. The Hall–Kier alpha value is -4.89. The number of carbonyl (C=O) groups excluding carboxylic acids is 2. The first-order valence-electron chi connectivity index (χ1n) is 14.4. The first-order valence-corrected chi connectivity index (χ1v) is 14.4. The third kappa shape index (κ3) is 4.93. The van der Waals surface area contributed by atoms with Crippen LogP contribution in [0.5, 0.6) is 0 Å². The Morgan fingerprint density at radius 2 is 1.66 bits per heavy atom. The number of ether oxygens (including phenoxy) is 1. The number of aryl methyl sites for hydroxylation is 2. The zero-order valence-electron chi connectivity index (χ0n) is 25.2. The quantitative estimate of drug-likeness (QED) is 0.224. The molecule has 0 spiro atoms. The Morgan fingerprint density at radius 3 is 2.32 bits per heavy atom. The highest BCUT2D eigenvalue weighted by Gasteiger charge is 2.56. The topological polar surface area (TPSA) is 106 Å². The van der Waals surface area contributed by atoms with E-state index in [9.17, 15) is 9.59 Å². The van der Waals surface area contributed by atoms with Gasteiger partial charge in [0.25, 0.3) is 11.8 Å². The van der Waals surface area contributed by atoms with E-state index in [0.717, 1.165) is 11.1 Å². The lowest BCUT2D eigenvalue weighted by Gasteiger charge is -2.52. The number of methoxy groups -OCH3 is 1. The minimum Gasteiger partial charge on any atom is -0.455 e. The molecular formula is C35H33FN4O4. The van der Waals surface area contributed by atoms with Gasteiger partial charge in [0, 0.05) is 56.1 Å². The number of halogens is 1. The molecule has 1 fully saturated rings. The van der Waals surface area contributed by atoms with Gasteiger partial charge in [-0.25, -0.2) is 14.4 Å². The summed E-state index contributed by atoms with van der Waals surface area (Å²) in [6, 6.07) is 17.7. The smallest absolute Gasteiger partial charge is 0.255 e. The SMILES string of the molecule is CNC(=O)c1c(-c2ccc(C)cc2)oc2ccc(-c3cc(C(=O)NC4(c5ncccn5)CC(C)(OC)C4)ccc3C)c(F)c12. The van der Waals surface area contributed by atoms with E-state index in [1.807, 2.05) is 45.0 Å². The predicted molar refractivity (Wildman–Crippen MR) is 166 cm³/mol. The van der Waals surface area contributed by atoms with E-state index in [2.05, 4.69) is 20.6 Å². The van der Waals surface area contributed by atoms with Crippen molar-refractivity contribution in [3.05, 3.63) is 107 Å². The molecule has 0 bridgehead atoms. The van der Waals surface area contributed by atoms with Crippen molar-refractivity contribution in [2.75, 3.05) is 14.2 Å². The van der Waals surface area contributed by atoms with Gasteiger partial charge in [0.2, 0.25) is 0 Å². The van der Waals surface area contributed by atoms with Gasteiger partial charge in [-0.3, -0.25) is 9.59 Å². The van der Waals surface area contributed by atoms with Crippen LogP contribution in [-0.2, 0) is 10.3 Å². The Kier molecular flexibility index (Phi) is 7.29. The van der Waals surface area contributed by atoms with Crippen molar-refractivity contribution in [2.24, 2.45) is 0 Å². The fourth-order valence-corrected chi connectivity index (χ4v) is 6.17. The summed E-state index contributed by atoms with van der Waals surface area (Å²) >= 11 is 0. The second-order valence-corrected chi connectivity index (χ2v) is 11.7. The number of nitrogens with one attached hydrogen (secondary N) is 2. The molecule has 44 heavy (non-hydrogen) atoms. The molecule has 2 N–H and O–H groups in total. The van der Waals surface area contributed by atoms with Gasteiger partial charge in [-0.2, -0.15) is 0 Å². The summed E-state index contributed by atoms with van der Waals surface area (Å²) in [5, 5.41) is 5.85. The summed E-state index contributed by atoms with van der Waals surface area (Å²) in [6.07, 6.45) is 4.30. The Morgan fingerprint density at radius 1 is 0.955 bits per heavy atom. The zero-order valence-corrected chi connectivity index (χ0v) is 25.2. The van der Waals surface area contributed by atoms with Crippen LogP contribution in [0.25, 0.3) is 33.4 Å². The van der Waals surface area contributed by atoms with E-state index >= 15 is 4.39 Å². The third-order valence-electron chi connectivity index (χ3n) is 8.54. The largest absolute Gasteiger partial charge is 0.455 e.